The summed E-state index contributed by atoms with van der Waals surface area (Å²) in [4.78, 5) is 10.3. The molecule has 1 N–H and O–H groups in total. The second-order valence-corrected chi connectivity index (χ2v) is 3.46. The lowest BCUT2D eigenvalue weighted by atomic mass is 10.2. The van der Waals surface area contributed by atoms with Crippen molar-refractivity contribution in [2.45, 2.75) is 26.2 Å². The van der Waals surface area contributed by atoms with E-state index in [0.29, 0.717) is 5.57 Å². The van der Waals surface area contributed by atoms with E-state index in [4.69, 9.17) is 5.11 Å². The third-order valence-corrected chi connectivity index (χ3v) is 2.14. The number of carboxylic acids is 1. The summed E-state index contributed by atoms with van der Waals surface area (Å²) in [5.74, 6) is -0.806. The number of alkyl halides is 1. The minimum Gasteiger partial charge on any atom is -0.478 e. The van der Waals surface area contributed by atoms with E-state index in [1.54, 1.807) is 13.0 Å². The van der Waals surface area contributed by atoms with Gasteiger partial charge in [0.25, 0.3) is 0 Å². The Hall–Kier alpha value is -0.0600. The molecule has 0 bridgehead atoms. The number of rotatable bonds is 5. The first-order chi connectivity index (χ1) is 5.18. The van der Waals surface area contributed by atoms with Gasteiger partial charge in [0.15, 0.2) is 0 Å². The second kappa shape index (κ2) is 6.64. The summed E-state index contributed by atoms with van der Waals surface area (Å²) in [6, 6.07) is 0. The van der Waals surface area contributed by atoms with Crippen LogP contribution in [-0.2, 0) is 4.79 Å². The molecule has 0 radical (unpaired) electrons. The summed E-state index contributed by atoms with van der Waals surface area (Å²) < 4.78 is 1.15. The minimum absolute atomic E-state index is 0.457. The number of hydrogen-bond donors (Lipinski definition) is 1. The zero-order valence-corrected chi connectivity index (χ0v) is 8.80. The third kappa shape index (κ3) is 6.34. The van der Waals surface area contributed by atoms with Gasteiger partial charge in [-0.05, 0) is 30.6 Å². The normalized spacial score (nSPS) is 11.6. The molecule has 0 amide bonds. The van der Waals surface area contributed by atoms with Crippen LogP contribution in [0.2, 0.25) is 0 Å². The van der Waals surface area contributed by atoms with Crippen LogP contribution in [0.3, 0.4) is 0 Å². The van der Waals surface area contributed by atoms with Crippen LogP contribution in [0.5, 0.6) is 0 Å². The number of carbonyl (C=O) groups is 1. The molecule has 11 heavy (non-hydrogen) atoms. The molecule has 0 aliphatic heterocycles. The molecular formula is C8H13IO2. The molecular weight excluding hydrogens is 255 g/mol. The Labute approximate surface area is 80.8 Å². The van der Waals surface area contributed by atoms with Gasteiger partial charge in [-0.1, -0.05) is 28.7 Å². The highest BCUT2D eigenvalue weighted by molar-refractivity contribution is 14.1. The van der Waals surface area contributed by atoms with E-state index in [9.17, 15) is 4.79 Å². The van der Waals surface area contributed by atoms with Crippen LogP contribution in [-0.4, -0.2) is 15.5 Å². The van der Waals surface area contributed by atoms with Crippen molar-refractivity contribution in [1.82, 2.24) is 0 Å². The highest BCUT2D eigenvalue weighted by Gasteiger charge is 1.96. The maximum atomic E-state index is 10.3. The van der Waals surface area contributed by atoms with E-state index in [2.05, 4.69) is 22.6 Å². The zero-order valence-electron chi connectivity index (χ0n) is 6.64. The van der Waals surface area contributed by atoms with Gasteiger partial charge < -0.3 is 5.11 Å². The van der Waals surface area contributed by atoms with Crippen molar-refractivity contribution in [2.75, 3.05) is 4.43 Å². The molecule has 0 saturated carbocycles. The molecule has 0 rings (SSSR count). The number of hydrogen-bond acceptors (Lipinski definition) is 1. The molecule has 0 unspecified atom stereocenters. The quantitative estimate of drug-likeness (QED) is 0.360. The fourth-order valence-corrected chi connectivity index (χ4v) is 1.18. The monoisotopic (exact) mass is 268 g/mol. The molecule has 0 aromatic carbocycles. The van der Waals surface area contributed by atoms with Crippen molar-refractivity contribution in [3.8, 4) is 0 Å². The van der Waals surface area contributed by atoms with Crippen molar-refractivity contribution < 1.29 is 9.90 Å². The summed E-state index contributed by atoms with van der Waals surface area (Å²) in [5, 5.41) is 8.47. The van der Waals surface area contributed by atoms with Crippen LogP contribution < -0.4 is 0 Å². The lowest BCUT2D eigenvalue weighted by Gasteiger charge is -1.93. The Balaban J connectivity index is 3.48. The average molecular weight is 268 g/mol. The van der Waals surface area contributed by atoms with E-state index < -0.39 is 5.97 Å². The van der Waals surface area contributed by atoms with E-state index in [0.717, 1.165) is 17.3 Å². The van der Waals surface area contributed by atoms with Crippen LogP contribution >= 0.6 is 22.6 Å². The number of carboxylic acid groups (broad SMARTS) is 1. The van der Waals surface area contributed by atoms with E-state index >= 15 is 0 Å². The molecule has 0 heterocycles. The molecule has 0 spiro atoms. The fraction of sp³-hybridized carbons (Fsp3) is 0.625. The van der Waals surface area contributed by atoms with Gasteiger partial charge in [-0.3, -0.25) is 0 Å². The van der Waals surface area contributed by atoms with Gasteiger partial charge in [-0.2, -0.15) is 0 Å². The number of unbranched alkanes of at least 4 members (excludes halogenated alkanes) is 2. The molecule has 0 aromatic heterocycles. The van der Waals surface area contributed by atoms with Crippen molar-refractivity contribution in [3.05, 3.63) is 11.6 Å². The summed E-state index contributed by atoms with van der Waals surface area (Å²) >= 11 is 2.32. The molecule has 0 aliphatic rings. The summed E-state index contributed by atoms with van der Waals surface area (Å²) in [6.07, 6.45) is 4.94. The zero-order chi connectivity index (χ0) is 8.69. The highest BCUT2D eigenvalue weighted by Crippen LogP contribution is 2.02. The molecule has 0 aromatic rings. The van der Waals surface area contributed by atoms with E-state index in [-0.39, 0.29) is 0 Å². The Kier molecular flexibility index (Phi) is 6.60. The van der Waals surface area contributed by atoms with Crippen LogP contribution in [0.1, 0.15) is 26.2 Å². The van der Waals surface area contributed by atoms with Crippen molar-refractivity contribution >= 4 is 28.6 Å². The van der Waals surface area contributed by atoms with Crippen LogP contribution in [0, 0.1) is 0 Å². The molecule has 0 saturated heterocycles. The Bertz CT molecular complexity index is 152. The highest BCUT2D eigenvalue weighted by atomic mass is 127. The number of halogens is 1. The topological polar surface area (TPSA) is 37.3 Å². The largest absolute Gasteiger partial charge is 0.478 e. The second-order valence-electron chi connectivity index (χ2n) is 2.38. The van der Waals surface area contributed by atoms with Crippen LogP contribution in [0.15, 0.2) is 11.6 Å². The van der Waals surface area contributed by atoms with Gasteiger partial charge in [0, 0.05) is 5.57 Å². The summed E-state index contributed by atoms with van der Waals surface area (Å²) in [6.45, 7) is 1.63. The van der Waals surface area contributed by atoms with Gasteiger partial charge >= 0.3 is 5.97 Å². The molecule has 3 heteroatoms. The smallest absolute Gasteiger partial charge is 0.330 e. The SMILES string of the molecule is C/C(=C\CCCCI)C(=O)O. The first-order valence-electron chi connectivity index (χ1n) is 3.64. The first-order valence-corrected chi connectivity index (χ1v) is 5.17. The Morgan fingerprint density at radius 2 is 2.18 bits per heavy atom. The van der Waals surface area contributed by atoms with E-state index in [1.165, 1.54) is 6.42 Å². The maximum Gasteiger partial charge on any atom is 0.330 e. The van der Waals surface area contributed by atoms with Crippen molar-refractivity contribution in [2.24, 2.45) is 0 Å². The van der Waals surface area contributed by atoms with Gasteiger partial charge in [0.05, 0.1) is 0 Å². The van der Waals surface area contributed by atoms with Gasteiger partial charge in [0.2, 0.25) is 0 Å². The molecule has 2 nitrogen and oxygen atoms in total. The third-order valence-electron chi connectivity index (χ3n) is 1.38. The maximum absolute atomic E-state index is 10.3. The average Bonchev–Trinajstić information content (AvgIpc) is 1.97. The standard InChI is InChI=1S/C8H13IO2/c1-7(8(10)11)5-3-2-4-6-9/h5H,2-4,6H2,1H3,(H,10,11)/b7-5+. The summed E-state index contributed by atoms with van der Waals surface area (Å²) in [7, 11) is 0. The summed E-state index contributed by atoms with van der Waals surface area (Å²) in [5.41, 5.74) is 0.457. The first kappa shape index (κ1) is 10.9. The predicted molar refractivity (Wildman–Crippen MR) is 54.1 cm³/mol. The van der Waals surface area contributed by atoms with Gasteiger partial charge in [-0.25, -0.2) is 4.79 Å². The van der Waals surface area contributed by atoms with Gasteiger partial charge in [0.1, 0.15) is 0 Å². The van der Waals surface area contributed by atoms with Crippen molar-refractivity contribution in [3.63, 3.8) is 0 Å². The Morgan fingerprint density at radius 1 is 1.55 bits per heavy atom. The van der Waals surface area contributed by atoms with Crippen LogP contribution in [0.4, 0.5) is 0 Å². The molecule has 0 atom stereocenters. The Morgan fingerprint density at radius 3 is 2.64 bits per heavy atom. The fourth-order valence-electron chi connectivity index (χ4n) is 0.645. The van der Waals surface area contributed by atoms with Crippen molar-refractivity contribution in [1.29, 1.82) is 0 Å². The lowest BCUT2D eigenvalue weighted by molar-refractivity contribution is -0.132. The molecule has 0 fully saturated rings. The minimum atomic E-state index is -0.806. The lowest BCUT2D eigenvalue weighted by Crippen LogP contribution is -1.95. The number of allylic oxidation sites excluding steroid dienone is 1. The number of aliphatic carboxylic acids is 1. The van der Waals surface area contributed by atoms with E-state index in [1.807, 2.05) is 0 Å². The predicted octanol–water partition coefficient (Wildman–Crippen LogP) is 2.62. The van der Waals surface area contributed by atoms with Crippen LogP contribution in [0.25, 0.3) is 0 Å². The molecule has 64 valence electrons. The van der Waals surface area contributed by atoms with Gasteiger partial charge in [-0.15, -0.1) is 0 Å². The molecule has 0 aliphatic carbocycles.